The van der Waals surface area contributed by atoms with Gasteiger partial charge in [-0.3, -0.25) is 4.90 Å². The number of urea groups is 1. The van der Waals surface area contributed by atoms with Crippen molar-refractivity contribution < 1.29 is 4.79 Å². The molecule has 1 heterocycles. The highest BCUT2D eigenvalue weighted by atomic mass is 16.2. The van der Waals surface area contributed by atoms with E-state index in [2.05, 4.69) is 17.1 Å². The summed E-state index contributed by atoms with van der Waals surface area (Å²) in [6, 6.07) is -0.419. The van der Waals surface area contributed by atoms with Gasteiger partial charge in [0.05, 0.1) is 6.17 Å². The summed E-state index contributed by atoms with van der Waals surface area (Å²) in [5, 5.41) is 2.76. The summed E-state index contributed by atoms with van der Waals surface area (Å²) >= 11 is 0. The van der Waals surface area contributed by atoms with Gasteiger partial charge < -0.3 is 11.1 Å². The molecular weight excluding hydrogens is 166 g/mol. The number of carbonyl (C=O) groups is 1. The summed E-state index contributed by atoms with van der Waals surface area (Å²) in [6.45, 7) is 4.23. The maximum absolute atomic E-state index is 10.7. The fourth-order valence-electron chi connectivity index (χ4n) is 1.85. The fourth-order valence-corrected chi connectivity index (χ4v) is 1.85. The number of primary amides is 1. The minimum absolute atomic E-state index is 0.137. The van der Waals surface area contributed by atoms with Gasteiger partial charge >= 0.3 is 6.03 Å². The van der Waals surface area contributed by atoms with Crippen LogP contribution in [0.25, 0.3) is 0 Å². The lowest BCUT2D eigenvalue weighted by atomic mass is 10.1. The first-order chi connectivity index (χ1) is 6.24. The normalized spacial score (nSPS) is 21.0. The van der Waals surface area contributed by atoms with Crippen LogP contribution < -0.4 is 11.1 Å². The van der Waals surface area contributed by atoms with Gasteiger partial charge in [-0.2, -0.15) is 0 Å². The smallest absolute Gasteiger partial charge is 0.313 e. The molecule has 0 spiro atoms. The van der Waals surface area contributed by atoms with Crippen molar-refractivity contribution >= 4 is 6.03 Å². The molecule has 0 aliphatic carbocycles. The zero-order valence-corrected chi connectivity index (χ0v) is 8.25. The molecule has 13 heavy (non-hydrogen) atoms. The van der Waals surface area contributed by atoms with Crippen LogP contribution in [0.1, 0.15) is 32.6 Å². The van der Waals surface area contributed by atoms with Crippen molar-refractivity contribution in [1.29, 1.82) is 0 Å². The zero-order valence-electron chi connectivity index (χ0n) is 8.25. The second kappa shape index (κ2) is 5.07. The first kappa shape index (κ1) is 10.3. The van der Waals surface area contributed by atoms with Gasteiger partial charge in [0.15, 0.2) is 0 Å². The van der Waals surface area contributed by atoms with Crippen LogP contribution in [0, 0.1) is 0 Å². The first-order valence-corrected chi connectivity index (χ1v) is 5.04. The molecule has 4 heteroatoms. The molecule has 1 aliphatic heterocycles. The molecule has 1 saturated heterocycles. The number of carbonyl (C=O) groups excluding carboxylic acids is 1. The second-order valence-corrected chi connectivity index (χ2v) is 3.53. The van der Waals surface area contributed by atoms with Crippen LogP contribution in [-0.2, 0) is 0 Å². The van der Waals surface area contributed by atoms with Crippen molar-refractivity contribution in [3.8, 4) is 0 Å². The van der Waals surface area contributed by atoms with Crippen LogP contribution >= 0.6 is 0 Å². The molecule has 0 radical (unpaired) electrons. The van der Waals surface area contributed by atoms with Gasteiger partial charge in [-0.1, -0.05) is 13.3 Å². The van der Waals surface area contributed by atoms with E-state index in [9.17, 15) is 4.79 Å². The van der Waals surface area contributed by atoms with Crippen molar-refractivity contribution in [1.82, 2.24) is 10.2 Å². The molecule has 0 aromatic heterocycles. The number of piperidine rings is 1. The van der Waals surface area contributed by atoms with Crippen molar-refractivity contribution in [2.75, 3.05) is 13.1 Å². The molecule has 0 saturated carbocycles. The highest BCUT2D eigenvalue weighted by molar-refractivity contribution is 5.71. The third kappa shape index (κ3) is 3.22. The summed E-state index contributed by atoms with van der Waals surface area (Å²) in [6.07, 6.45) is 4.83. The Kier molecular flexibility index (Phi) is 4.02. The third-order valence-corrected chi connectivity index (χ3v) is 2.53. The Morgan fingerprint density at radius 2 is 2.08 bits per heavy atom. The van der Waals surface area contributed by atoms with E-state index >= 15 is 0 Å². The van der Waals surface area contributed by atoms with Crippen LogP contribution in [-0.4, -0.2) is 30.2 Å². The topological polar surface area (TPSA) is 58.4 Å². The number of rotatable bonds is 3. The lowest BCUT2D eigenvalue weighted by Crippen LogP contribution is -2.51. The van der Waals surface area contributed by atoms with Gasteiger partial charge in [0.2, 0.25) is 0 Å². The predicted octanol–water partition coefficient (Wildman–Crippen LogP) is 0.877. The number of likely N-dealkylation sites (tertiary alicyclic amines) is 1. The fraction of sp³-hybridized carbons (Fsp3) is 0.889. The summed E-state index contributed by atoms with van der Waals surface area (Å²) in [5.41, 5.74) is 5.10. The zero-order chi connectivity index (χ0) is 9.68. The van der Waals surface area contributed by atoms with Gasteiger partial charge in [-0.15, -0.1) is 0 Å². The number of hydrogen-bond acceptors (Lipinski definition) is 2. The second-order valence-electron chi connectivity index (χ2n) is 3.53. The van der Waals surface area contributed by atoms with Gasteiger partial charge in [0.25, 0.3) is 0 Å². The molecule has 1 atom stereocenters. The van der Waals surface area contributed by atoms with E-state index in [0.717, 1.165) is 19.5 Å². The average Bonchev–Trinajstić information content (AvgIpc) is 2.15. The van der Waals surface area contributed by atoms with Crippen LogP contribution in [0.5, 0.6) is 0 Å². The number of nitrogens with two attached hydrogens (primary N) is 1. The van der Waals surface area contributed by atoms with Crippen molar-refractivity contribution in [2.24, 2.45) is 5.73 Å². The van der Waals surface area contributed by atoms with E-state index in [0.29, 0.717) is 0 Å². The number of nitrogens with zero attached hydrogens (tertiary/aromatic N) is 1. The molecule has 76 valence electrons. The van der Waals surface area contributed by atoms with E-state index in [4.69, 9.17) is 5.73 Å². The van der Waals surface area contributed by atoms with Crippen molar-refractivity contribution in [3.05, 3.63) is 0 Å². The molecule has 2 amide bonds. The Hall–Kier alpha value is -0.770. The molecule has 0 aromatic rings. The maximum atomic E-state index is 10.7. The lowest BCUT2D eigenvalue weighted by molar-refractivity contribution is 0.137. The Balaban J connectivity index is 2.39. The number of amides is 2. The molecule has 4 nitrogen and oxygen atoms in total. The summed E-state index contributed by atoms with van der Waals surface area (Å²) < 4.78 is 0. The van der Waals surface area contributed by atoms with E-state index < -0.39 is 6.03 Å². The average molecular weight is 185 g/mol. The molecule has 1 unspecified atom stereocenters. The Morgan fingerprint density at radius 1 is 1.46 bits per heavy atom. The standard InChI is InChI=1S/C9H19N3O/c1-2-8(11-9(10)13)12-6-4-3-5-7-12/h8H,2-7H2,1H3,(H3,10,11,13). The van der Waals surface area contributed by atoms with Crippen molar-refractivity contribution in [3.63, 3.8) is 0 Å². The van der Waals surface area contributed by atoms with Crippen LogP contribution in [0.3, 0.4) is 0 Å². The summed E-state index contributed by atoms with van der Waals surface area (Å²) in [7, 11) is 0. The number of hydrogen-bond donors (Lipinski definition) is 2. The summed E-state index contributed by atoms with van der Waals surface area (Å²) in [5.74, 6) is 0. The van der Waals surface area contributed by atoms with E-state index in [1.54, 1.807) is 0 Å². The summed E-state index contributed by atoms with van der Waals surface area (Å²) in [4.78, 5) is 13.0. The first-order valence-electron chi connectivity index (χ1n) is 5.04. The molecule has 0 bridgehead atoms. The van der Waals surface area contributed by atoms with Crippen LogP contribution in [0.2, 0.25) is 0 Å². The highest BCUT2D eigenvalue weighted by Crippen LogP contribution is 2.12. The molecule has 3 N–H and O–H groups in total. The predicted molar refractivity (Wildman–Crippen MR) is 52.2 cm³/mol. The molecule has 0 aromatic carbocycles. The SMILES string of the molecule is CCC(NC(N)=O)N1CCCCC1. The van der Waals surface area contributed by atoms with Gasteiger partial charge in [-0.05, 0) is 19.3 Å². The molecule has 1 rings (SSSR count). The number of nitrogens with one attached hydrogen (secondary N) is 1. The monoisotopic (exact) mass is 185 g/mol. The molecule has 1 fully saturated rings. The molecule has 1 aliphatic rings. The van der Waals surface area contributed by atoms with E-state index in [1.165, 1.54) is 19.3 Å². The highest BCUT2D eigenvalue weighted by Gasteiger charge is 2.19. The third-order valence-electron chi connectivity index (χ3n) is 2.53. The van der Waals surface area contributed by atoms with Crippen LogP contribution in [0.4, 0.5) is 4.79 Å². The lowest BCUT2D eigenvalue weighted by Gasteiger charge is -2.33. The minimum Gasteiger partial charge on any atom is -0.352 e. The van der Waals surface area contributed by atoms with E-state index in [1.807, 2.05) is 0 Å². The quantitative estimate of drug-likeness (QED) is 0.685. The Morgan fingerprint density at radius 3 is 2.54 bits per heavy atom. The minimum atomic E-state index is -0.419. The van der Waals surface area contributed by atoms with Crippen molar-refractivity contribution in [2.45, 2.75) is 38.8 Å². The van der Waals surface area contributed by atoms with Crippen LogP contribution in [0.15, 0.2) is 0 Å². The van der Waals surface area contributed by atoms with Gasteiger partial charge in [0, 0.05) is 13.1 Å². The maximum Gasteiger partial charge on any atom is 0.313 e. The largest absolute Gasteiger partial charge is 0.352 e. The van der Waals surface area contributed by atoms with Gasteiger partial charge in [0.1, 0.15) is 0 Å². The van der Waals surface area contributed by atoms with E-state index in [-0.39, 0.29) is 6.17 Å². The molecular formula is C9H19N3O. The Bertz CT molecular complexity index is 166. The van der Waals surface area contributed by atoms with Gasteiger partial charge in [-0.25, -0.2) is 4.79 Å². The Labute approximate surface area is 79.5 Å².